The minimum Gasteiger partial charge on any atom is -0.388 e. The molecule has 0 aromatic heterocycles. The lowest BCUT2D eigenvalue weighted by Gasteiger charge is -2.32. The van der Waals surface area contributed by atoms with Crippen LogP contribution in [0.15, 0.2) is 94.7 Å². The molecule has 190 valence electrons. The molecule has 0 spiro atoms. The average molecular weight is 501 g/mol. The molecule has 2 aromatic rings. The van der Waals surface area contributed by atoms with Gasteiger partial charge in [0.1, 0.15) is 0 Å². The number of anilines is 2. The van der Waals surface area contributed by atoms with E-state index in [1.807, 2.05) is 7.05 Å². The third-order valence-electron chi connectivity index (χ3n) is 8.45. The summed E-state index contributed by atoms with van der Waals surface area (Å²) in [6, 6.07) is 17.3. The highest BCUT2D eigenvalue weighted by Crippen LogP contribution is 2.47. The van der Waals surface area contributed by atoms with Crippen LogP contribution in [0.2, 0.25) is 0 Å². The van der Waals surface area contributed by atoms with Crippen molar-refractivity contribution in [3.05, 3.63) is 106 Å². The number of nitrogens with one attached hydrogen (secondary N) is 1. The standard InChI is InChI=1S/C33H41ClN2/c1-23(32(2,3)26-15-8-10-17-28(26)35-6)19-20-24-13-12-14-25(31(24)34)21-22-30-33(4,5)27-16-9-11-18-29(27)36(30)7/h8-11,15-23,35H,12-14H2,1-7H3/b20-19+,25-21+,30-22+/t23-/m0/s1. The molecule has 0 amide bonds. The maximum atomic E-state index is 7.00. The molecule has 0 saturated heterocycles. The predicted octanol–water partition coefficient (Wildman–Crippen LogP) is 9.11. The van der Waals surface area contributed by atoms with Gasteiger partial charge in [-0.25, -0.2) is 0 Å². The van der Waals surface area contributed by atoms with Crippen LogP contribution in [0.25, 0.3) is 0 Å². The van der Waals surface area contributed by atoms with E-state index in [0.29, 0.717) is 5.92 Å². The minimum atomic E-state index is -0.0271. The summed E-state index contributed by atoms with van der Waals surface area (Å²) in [4.78, 5) is 2.32. The Hall–Kier alpha value is -2.71. The van der Waals surface area contributed by atoms with Gasteiger partial charge >= 0.3 is 0 Å². The normalized spacial score (nSPS) is 20.9. The summed E-state index contributed by atoms with van der Waals surface area (Å²) in [7, 11) is 4.16. The first-order valence-corrected chi connectivity index (χ1v) is 13.6. The smallest absolute Gasteiger partial charge is 0.0469 e. The second-order valence-electron chi connectivity index (χ2n) is 11.3. The molecule has 1 aliphatic carbocycles. The van der Waals surface area contributed by atoms with Crippen molar-refractivity contribution in [1.29, 1.82) is 0 Å². The van der Waals surface area contributed by atoms with Gasteiger partial charge in [0.25, 0.3) is 0 Å². The van der Waals surface area contributed by atoms with Gasteiger partial charge in [0.15, 0.2) is 0 Å². The zero-order valence-electron chi connectivity index (χ0n) is 23.0. The fourth-order valence-electron chi connectivity index (χ4n) is 5.70. The Morgan fingerprint density at radius 2 is 1.72 bits per heavy atom. The molecule has 2 nitrogen and oxygen atoms in total. The predicted molar refractivity (Wildman–Crippen MR) is 158 cm³/mol. The Balaban J connectivity index is 1.59. The lowest BCUT2D eigenvalue weighted by Crippen LogP contribution is -2.26. The van der Waals surface area contributed by atoms with Crippen LogP contribution in [0.1, 0.15) is 65.0 Å². The van der Waals surface area contributed by atoms with E-state index in [0.717, 1.165) is 24.3 Å². The van der Waals surface area contributed by atoms with Crippen molar-refractivity contribution in [2.75, 3.05) is 24.3 Å². The third kappa shape index (κ3) is 4.81. The van der Waals surface area contributed by atoms with Gasteiger partial charge in [-0.1, -0.05) is 101 Å². The SMILES string of the molecule is CNc1ccccc1C(C)(C)[C@@H](C)/C=C/C1=C(Cl)C(=C/C=C2/N(C)c3ccccc3C2(C)C)/CCC1. The van der Waals surface area contributed by atoms with Gasteiger partial charge in [-0.2, -0.15) is 0 Å². The summed E-state index contributed by atoms with van der Waals surface area (Å²) in [5.41, 5.74) is 8.96. The Morgan fingerprint density at radius 3 is 2.44 bits per heavy atom. The number of hydrogen-bond acceptors (Lipinski definition) is 2. The van der Waals surface area contributed by atoms with E-state index in [2.05, 4.69) is 125 Å². The van der Waals surface area contributed by atoms with E-state index >= 15 is 0 Å². The van der Waals surface area contributed by atoms with Crippen LogP contribution >= 0.6 is 11.6 Å². The molecule has 0 saturated carbocycles. The van der Waals surface area contributed by atoms with Gasteiger partial charge in [-0.05, 0) is 71.1 Å². The lowest BCUT2D eigenvalue weighted by atomic mass is 9.73. The van der Waals surface area contributed by atoms with Crippen LogP contribution in [0.4, 0.5) is 11.4 Å². The molecule has 0 radical (unpaired) electrons. The Kier molecular flexibility index (Phi) is 7.57. The highest BCUT2D eigenvalue weighted by atomic mass is 35.5. The van der Waals surface area contributed by atoms with Gasteiger partial charge in [0, 0.05) is 41.6 Å². The van der Waals surface area contributed by atoms with Crippen molar-refractivity contribution in [3.63, 3.8) is 0 Å². The first-order valence-electron chi connectivity index (χ1n) is 13.2. The highest BCUT2D eigenvalue weighted by Gasteiger charge is 2.37. The largest absolute Gasteiger partial charge is 0.388 e. The topological polar surface area (TPSA) is 15.3 Å². The lowest BCUT2D eigenvalue weighted by molar-refractivity contribution is 0.410. The van der Waals surface area contributed by atoms with E-state index < -0.39 is 0 Å². The Morgan fingerprint density at radius 1 is 1.03 bits per heavy atom. The van der Waals surface area contributed by atoms with Crippen LogP contribution in [-0.4, -0.2) is 14.1 Å². The summed E-state index contributed by atoms with van der Waals surface area (Å²) in [5.74, 6) is 0.354. The molecule has 1 N–H and O–H groups in total. The van der Waals surface area contributed by atoms with E-state index in [9.17, 15) is 0 Å². The number of hydrogen-bond donors (Lipinski definition) is 1. The van der Waals surface area contributed by atoms with Gasteiger partial charge < -0.3 is 10.2 Å². The van der Waals surface area contributed by atoms with Crippen molar-refractivity contribution in [3.8, 4) is 0 Å². The summed E-state index contributed by atoms with van der Waals surface area (Å²) >= 11 is 7.00. The molecule has 0 unspecified atom stereocenters. The molecule has 4 rings (SSSR count). The van der Waals surface area contributed by atoms with Crippen LogP contribution in [0, 0.1) is 5.92 Å². The molecule has 36 heavy (non-hydrogen) atoms. The first-order chi connectivity index (χ1) is 17.1. The van der Waals surface area contributed by atoms with E-state index in [4.69, 9.17) is 11.6 Å². The van der Waals surface area contributed by atoms with E-state index in [-0.39, 0.29) is 10.8 Å². The van der Waals surface area contributed by atoms with Crippen molar-refractivity contribution >= 4 is 23.0 Å². The van der Waals surface area contributed by atoms with Gasteiger partial charge in [-0.15, -0.1) is 0 Å². The quantitative estimate of drug-likeness (QED) is 0.425. The fourth-order valence-corrected chi connectivity index (χ4v) is 6.01. The molecule has 2 aromatic carbocycles. The maximum Gasteiger partial charge on any atom is 0.0469 e. The summed E-state index contributed by atoms with van der Waals surface area (Å²) in [5, 5.41) is 4.28. The molecule has 0 bridgehead atoms. The maximum absolute atomic E-state index is 7.00. The number of fused-ring (bicyclic) bond motifs is 1. The number of allylic oxidation sites excluding steroid dienone is 8. The third-order valence-corrected chi connectivity index (χ3v) is 8.94. The molecular formula is C33H41ClN2. The second-order valence-corrected chi connectivity index (χ2v) is 11.7. The van der Waals surface area contributed by atoms with Crippen LogP contribution in [0.5, 0.6) is 0 Å². The minimum absolute atomic E-state index is 0.00542. The van der Waals surface area contributed by atoms with Gasteiger partial charge in [0.2, 0.25) is 0 Å². The number of nitrogens with zero attached hydrogens (tertiary/aromatic N) is 1. The number of halogens is 1. The Bertz CT molecular complexity index is 1240. The van der Waals surface area contributed by atoms with Crippen molar-refractivity contribution in [2.45, 2.75) is 64.7 Å². The van der Waals surface area contributed by atoms with Crippen molar-refractivity contribution < 1.29 is 0 Å². The summed E-state index contributed by atoms with van der Waals surface area (Å²) in [6.07, 6.45) is 12.3. The van der Waals surface area contributed by atoms with E-state index in [1.54, 1.807) is 0 Å². The molecule has 1 heterocycles. The number of benzene rings is 2. The van der Waals surface area contributed by atoms with Crippen LogP contribution in [-0.2, 0) is 10.8 Å². The number of rotatable bonds is 6. The van der Waals surface area contributed by atoms with Crippen LogP contribution < -0.4 is 10.2 Å². The van der Waals surface area contributed by atoms with E-state index in [1.165, 1.54) is 39.3 Å². The van der Waals surface area contributed by atoms with Crippen molar-refractivity contribution in [1.82, 2.24) is 0 Å². The molecular weight excluding hydrogens is 460 g/mol. The second kappa shape index (κ2) is 10.3. The number of para-hydroxylation sites is 2. The number of likely N-dealkylation sites (N-methyl/N-ethyl adjacent to an activating group) is 1. The zero-order chi connectivity index (χ0) is 26.1. The zero-order valence-corrected chi connectivity index (χ0v) is 23.7. The van der Waals surface area contributed by atoms with Crippen LogP contribution in [0.3, 0.4) is 0 Å². The fraction of sp³-hybridized carbons (Fsp3) is 0.394. The Labute approximate surface area is 223 Å². The molecule has 3 heteroatoms. The molecule has 1 atom stereocenters. The summed E-state index contributed by atoms with van der Waals surface area (Å²) in [6.45, 7) is 11.6. The van der Waals surface area contributed by atoms with Gasteiger partial charge in [-0.3, -0.25) is 0 Å². The first kappa shape index (κ1) is 26.4. The highest BCUT2D eigenvalue weighted by molar-refractivity contribution is 6.32. The molecule has 0 fully saturated rings. The molecule has 2 aliphatic rings. The molecule has 1 aliphatic heterocycles. The monoisotopic (exact) mass is 500 g/mol. The van der Waals surface area contributed by atoms with Crippen molar-refractivity contribution in [2.24, 2.45) is 5.92 Å². The average Bonchev–Trinajstić information content (AvgIpc) is 3.07. The summed E-state index contributed by atoms with van der Waals surface area (Å²) < 4.78 is 0. The van der Waals surface area contributed by atoms with Gasteiger partial charge in [0.05, 0.1) is 0 Å².